The number of likely N-dealkylation sites (tertiary alicyclic amines) is 2. The van der Waals surface area contributed by atoms with Crippen molar-refractivity contribution < 1.29 is 19.2 Å². The summed E-state index contributed by atoms with van der Waals surface area (Å²) in [6.45, 7) is 14.3. The second-order valence-corrected chi connectivity index (χ2v) is 12.7. The van der Waals surface area contributed by atoms with E-state index in [1.807, 2.05) is 99.9 Å². The molecule has 2 heterocycles. The molecular formula is C34H46N4O4. The third-order valence-corrected chi connectivity index (χ3v) is 9.16. The third kappa shape index (κ3) is 7.39. The molecule has 0 saturated carbocycles. The molecule has 8 heteroatoms. The molecule has 42 heavy (non-hydrogen) atoms. The van der Waals surface area contributed by atoms with Crippen molar-refractivity contribution in [3.63, 3.8) is 0 Å². The number of rotatable bonds is 9. The summed E-state index contributed by atoms with van der Waals surface area (Å²) < 4.78 is 0. The van der Waals surface area contributed by atoms with Gasteiger partial charge in [0, 0.05) is 49.4 Å². The van der Waals surface area contributed by atoms with Crippen molar-refractivity contribution >= 4 is 35.0 Å². The largest absolute Gasteiger partial charge is 0.342 e. The Hall–Kier alpha value is -3.68. The number of nitrogens with one attached hydrogen (secondary N) is 2. The molecule has 0 aromatic heterocycles. The summed E-state index contributed by atoms with van der Waals surface area (Å²) in [5, 5.41) is 6.01. The lowest BCUT2D eigenvalue weighted by molar-refractivity contribution is -0.136. The Morgan fingerprint density at radius 2 is 0.929 bits per heavy atom. The van der Waals surface area contributed by atoms with Gasteiger partial charge in [-0.1, -0.05) is 65.8 Å². The third-order valence-electron chi connectivity index (χ3n) is 9.16. The molecule has 2 unspecified atom stereocenters. The molecule has 8 nitrogen and oxygen atoms in total. The van der Waals surface area contributed by atoms with E-state index in [1.165, 1.54) is 0 Å². The Bertz CT molecular complexity index is 1170. The molecule has 4 amide bonds. The predicted octanol–water partition coefficient (Wildman–Crippen LogP) is 5.51. The van der Waals surface area contributed by atoms with Gasteiger partial charge in [0.15, 0.2) is 0 Å². The smallest absolute Gasteiger partial charge is 0.229 e. The van der Waals surface area contributed by atoms with E-state index in [4.69, 9.17) is 0 Å². The predicted molar refractivity (Wildman–Crippen MR) is 167 cm³/mol. The molecule has 0 radical (unpaired) electrons. The molecule has 0 aliphatic carbocycles. The summed E-state index contributed by atoms with van der Waals surface area (Å²) in [6.07, 6.45) is 1.36. The van der Waals surface area contributed by atoms with Crippen molar-refractivity contribution in [2.24, 2.45) is 35.5 Å². The zero-order valence-electron chi connectivity index (χ0n) is 25.9. The zero-order valence-corrected chi connectivity index (χ0v) is 25.9. The van der Waals surface area contributed by atoms with Gasteiger partial charge in [0.25, 0.3) is 0 Å². The van der Waals surface area contributed by atoms with Crippen LogP contribution >= 0.6 is 0 Å². The monoisotopic (exact) mass is 574 g/mol. The van der Waals surface area contributed by atoms with Crippen molar-refractivity contribution in [2.45, 2.75) is 54.4 Å². The van der Waals surface area contributed by atoms with Gasteiger partial charge in [0.2, 0.25) is 23.6 Å². The fraction of sp³-hybridized carbons (Fsp3) is 0.529. The molecule has 2 fully saturated rings. The van der Waals surface area contributed by atoms with E-state index in [1.54, 1.807) is 0 Å². The summed E-state index contributed by atoms with van der Waals surface area (Å²) in [5.41, 5.74) is 3.44. The Kier molecular flexibility index (Phi) is 10.1. The molecule has 2 aromatic carbocycles. The van der Waals surface area contributed by atoms with E-state index >= 15 is 0 Å². The normalized spacial score (nSPS) is 20.1. The molecule has 4 rings (SSSR count). The molecule has 2 aliphatic heterocycles. The quantitative estimate of drug-likeness (QED) is 0.413. The summed E-state index contributed by atoms with van der Waals surface area (Å²) >= 11 is 0. The first-order valence-electron chi connectivity index (χ1n) is 15.3. The minimum atomic E-state index is -0.202. The van der Waals surface area contributed by atoms with Gasteiger partial charge in [-0.2, -0.15) is 0 Å². The standard InChI is InChI=1S/C34H46N4O4/c1-21(2)23(5)33(41)37-17-15-27(19-37)31(39)35-29-11-7-25(8-12-29)26-9-13-30(14-10-26)36-32(40)28-16-18-38(20-28)34(42)24(6)22(3)4/h7-14,21-24,27-28H,15-20H2,1-6H3,(H,35,39)(H,36,40)/t23-,24-,27?,28?/m0/s1. The highest BCUT2D eigenvalue weighted by molar-refractivity contribution is 5.95. The topological polar surface area (TPSA) is 98.8 Å². The van der Waals surface area contributed by atoms with Gasteiger partial charge in [-0.25, -0.2) is 0 Å². The molecule has 2 aliphatic rings. The highest BCUT2D eigenvalue weighted by Gasteiger charge is 2.34. The van der Waals surface area contributed by atoms with Crippen LogP contribution in [0.5, 0.6) is 0 Å². The van der Waals surface area contributed by atoms with Crippen molar-refractivity contribution in [1.29, 1.82) is 0 Å². The van der Waals surface area contributed by atoms with Crippen LogP contribution in [0.4, 0.5) is 11.4 Å². The van der Waals surface area contributed by atoms with Crippen LogP contribution in [0.1, 0.15) is 54.4 Å². The number of anilines is 2. The van der Waals surface area contributed by atoms with Crippen molar-refractivity contribution in [2.75, 3.05) is 36.8 Å². The number of benzene rings is 2. The van der Waals surface area contributed by atoms with Crippen molar-refractivity contribution in [1.82, 2.24) is 9.80 Å². The minimum Gasteiger partial charge on any atom is -0.342 e. The van der Waals surface area contributed by atoms with Gasteiger partial charge in [0.05, 0.1) is 11.8 Å². The lowest BCUT2D eigenvalue weighted by Crippen LogP contribution is -2.36. The van der Waals surface area contributed by atoms with Gasteiger partial charge < -0.3 is 20.4 Å². The Morgan fingerprint density at radius 1 is 0.595 bits per heavy atom. The van der Waals surface area contributed by atoms with Gasteiger partial charge in [0.1, 0.15) is 0 Å². The molecule has 2 N–H and O–H groups in total. The summed E-state index contributed by atoms with van der Waals surface area (Å²) in [6, 6.07) is 15.4. The molecule has 0 spiro atoms. The van der Waals surface area contributed by atoms with E-state index in [0.29, 0.717) is 39.0 Å². The number of amides is 4. The minimum absolute atomic E-state index is 0.0432. The van der Waals surface area contributed by atoms with Crippen LogP contribution in [-0.4, -0.2) is 59.6 Å². The fourth-order valence-corrected chi connectivity index (χ4v) is 5.48. The first-order chi connectivity index (χ1) is 19.9. The molecule has 2 saturated heterocycles. The lowest BCUT2D eigenvalue weighted by atomic mass is 9.97. The number of carbonyl (C=O) groups is 4. The maximum atomic E-state index is 12.9. The van der Waals surface area contributed by atoms with E-state index in [0.717, 1.165) is 22.5 Å². The Morgan fingerprint density at radius 3 is 1.24 bits per heavy atom. The molecule has 4 atom stereocenters. The molecule has 2 aromatic rings. The van der Waals surface area contributed by atoms with Crippen LogP contribution in [0, 0.1) is 35.5 Å². The summed E-state index contributed by atoms with van der Waals surface area (Å²) in [7, 11) is 0. The maximum Gasteiger partial charge on any atom is 0.229 e. The SMILES string of the molecule is CC(C)[C@H](C)C(=O)N1CCC(C(=O)Nc2ccc(-c3ccc(NC(=O)C4CCN(C(=O)[C@@H](C)C(C)C)C4)cc3)cc2)C1. The highest BCUT2D eigenvalue weighted by Crippen LogP contribution is 2.27. The zero-order chi connectivity index (χ0) is 30.6. The van der Waals surface area contributed by atoms with Crippen LogP contribution in [-0.2, 0) is 19.2 Å². The molecule has 0 bridgehead atoms. The number of hydrogen-bond acceptors (Lipinski definition) is 4. The Labute approximate surface area is 250 Å². The van der Waals surface area contributed by atoms with E-state index in [9.17, 15) is 19.2 Å². The summed E-state index contributed by atoms with van der Waals surface area (Å²) in [4.78, 5) is 54.7. The second-order valence-electron chi connectivity index (χ2n) is 12.7. The first kappa shape index (κ1) is 31.3. The van der Waals surface area contributed by atoms with Gasteiger partial charge in [-0.3, -0.25) is 19.2 Å². The fourth-order valence-electron chi connectivity index (χ4n) is 5.48. The van der Waals surface area contributed by atoms with Crippen LogP contribution in [0.2, 0.25) is 0 Å². The number of hydrogen-bond donors (Lipinski definition) is 2. The Balaban J connectivity index is 1.27. The van der Waals surface area contributed by atoms with E-state index < -0.39 is 0 Å². The number of nitrogens with zero attached hydrogens (tertiary/aromatic N) is 2. The average molecular weight is 575 g/mol. The van der Waals surface area contributed by atoms with Crippen LogP contribution in [0.3, 0.4) is 0 Å². The van der Waals surface area contributed by atoms with Crippen LogP contribution in [0.15, 0.2) is 48.5 Å². The second kappa shape index (κ2) is 13.5. The van der Waals surface area contributed by atoms with E-state index in [-0.39, 0.29) is 59.1 Å². The first-order valence-corrected chi connectivity index (χ1v) is 15.3. The van der Waals surface area contributed by atoms with Crippen LogP contribution < -0.4 is 10.6 Å². The van der Waals surface area contributed by atoms with Crippen LogP contribution in [0.25, 0.3) is 11.1 Å². The van der Waals surface area contributed by atoms with Gasteiger partial charge in [-0.05, 0) is 60.1 Å². The van der Waals surface area contributed by atoms with Crippen molar-refractivity contribution in [3.05, 3.63) is 48.5 Å². The summed E-state index contributed by atoms with van der Waals surface area (Å²) in [5.74, 6) is 0.208. The highest BCUT2D eigenvalue weighted by atomic mass is 16.2. The average Bonchev–Trinajstić information content (AvgIpc) is 3.67. The molecular weight excluding hydrogens is 528 g/mol. The molecule has 226 valence electrons. The van der Waals surface area contributed by atoms with Crippen molar-refractivity contribution in [3.8, 4) is 11.1 Å². The maximum absolute atomic E-state index is 12.9. The van der Waals surface area contributed by atoms with Gasteiger partial charge >= 0.3 is 0 Å². The van der Waals surface area contributed by atoms with Gasteiger partial charge in [-0.15, -0.1) is 0 Å². The van der Waals surface area contributed by atoms with E-state index in [2.05, 4.69) is 10.6 Å². The number of carbonyl (C=O) groups excluding carboxylic acids is 4. The lowest BCUT2D eigenvalue weighted by Gasteiger charge is -2.23.